The zero-order chi connectivity index (χ0) is 20.5. The fraction of sp³-hybridized carbons (Fsp3) is 0. The third-order valence-corrected chi connectivity index (χ3v) is 6.90. The second-order valence-corrected chi connectivity index (χ2v) is 9.30. The Morgan fingerprint density at radius 1 is 0.900 bits per heavy atom. The van der Waals surface area contributed by atoms with Crippen LogP contribution in [0.25, 0.3) is 0 Å². The number of hydrogen-bond donors (Lipinski definition) is 0. The third-order valence-electron chi connectivity index (χ3n) is 4.35. The average molecular weight is 467 g/mol. The summed E-state index contributed by atoms with van der Waals surface area (Å²) in [7, 11) is 0. The highest BCUT2D eigenvalue weighted by Gasteiger charge is 2.23. The summed E-state index contributed by atoms with van der Waals surface area (Å²) in [5, 5.41) is 2.92. The highest BCUT2D eigenvalue weighted by atomic mass is 35.5. The van der Waals surface area contributed by atoms with Gasteiger partial charge >= 0.3 is 0 Å². The molecule has 5 rings (SSSR count). The minimum absolute atomic E-state index is 0.652. The van der Waals surface area contributed by atoms with Crippen molar-refractivity contribution in [2.24, 2.45) is 4.99 Å². The van der Waals surface area contributed by atoms with Crippen molar-refractivity contribution in [3.8, 4) is 0 Å². The number of aromatic nitrogens is 3. The molecule has 0 spiro atoms. The topological polar surface area (TPSA) is 51.0 Å². The van der Waals surface area contributed by atoms with E-state index in [1.54, 1.807) is 30.5 Å². The lowest BCUT2D eigenvalue weighted by molar-refractivity contribution is 0.961. The Morgan fingerprint density at radius 3 is 2.53 bits per heavy atom. The Kier molecular flexibility index (Phi) is 5.48. The van der Waals surface area contributed by atoms with Crippen LogP contribution in [0.2, 0.25) is 10.0 Å². The molecule has 0 N–H and O–H groups in total. The molecule has 3 heterocycles. The van der Waals surface area contributed by atoms with Crippen LogP contribution < -0.4 is 0 Å². The van der Waals surface area contributed by atoms with Gasteiger partial charge in [-0.15, -0.1) is 0 Å². The highest BCUT2D eigenvalue weighted by Crippen LogP contribution is 2.45. The molecule has 0 fully saturated rings. The van der Waals surface area contributed by atoms with Gasteiger partial charge in [-0.25, -0.2) is 15.0 Å². The van der Waals surface area contributed by atoms with Crippen LogP contribution >= 0.6 is 46.7 Å². The van der Waals surface area contributed by atoms with E-state index >= 15 is 0 Å². The fourth-order valence-corrected chi connectivity index (χ4v) is 5.13. The van der Waals surface area contributed by atoms with Crippen LogP contribution in [0.4, 0.5) is 5.69 Å². The number of fused-ring (bicyclic) bond motifs is 2. The predicted octanol–water partition coefficient (Wildman–Crippen LogP) is 6.96. The molecule has 0 atom stereocenters. The summed E-state index contributed by atoms with van der Waals surface area (Å²) in [5.41, 5.74) is 3.37. The van der Waals surface area contributed by atoms with Crippen LogP contribution in [0.5, 0.6) is 0 Å². The van der Waals surface area contributed by atoms with Crippen molar-refractivity contribution < 1.29 is 0 Å². The molecular formula is C22H12Cl2N4S2. The van der Waals surface area contributed by atoms with Crippen molar-refractivity contribution >= 4 is 58.1 Å². The molecule has 30 heavy (non-hydrogen) atoms. The number of hydrogen-bond acceptors (Lipinski definition) is 6. The molecule has 1 aliphatic heterocycles. The standard InChI is InChI=1S/C22H12Cl2N4S2/c23-14-3-6-16(7-4-14)29-21-20-22(27-12-26-21)30-18-8-5-15(24)10-17(18)19(28-20)13-2-1-9-25-11-13/h1-12H. The van der Waals surface area contributed by atoms with E-state index in [9.17, 15) is 0 Å². The van der Waals surface area contributed by atoms with Gasteiger partial charge in [0.1, 0.15) is 22.1 Å². The molecule has 2 aromatic heterocycles. The second kappa shape index (κ2) is 8.40. The van der Waals surface area contributed by atoms with E-state index in [0.717, 1.165) is 42.4 Å². The van der Waals surface area contributed by atoms with Crippen LogP contribution in [0, 0.1) is 0 Å². The van der Waals surface area contributed by atoms with Crippen molar-refractivity contribution in [3.63, 3.8) is 0 Å². The molecule has 0 bridgehead atoms. The van der Waals surface area contributed by atoms with E-state index < -0.39 is 0 Å². The highest BCUT2D eigenvalue weighted by molar-refractivity contribution is 8.00. The first-order valence-corrected chi connectivity index (χ1v) is 11.3. The van der Waals surface area contributed by atoms with Crippen molar-refractivity contribution in [2.75, 3.05) is 0 Å². The van der Waals surface area contributed by atoms with Crippen molar-refractivity contribution in [1.29, 1.82) is 0 Å². The molecule has 1 aliphatic rings. The maximum absolute atomic E-state index is 6.32. The summed E-state index contributed by atoms with van der Waals surface area (Å²) in [6.45, 7) is 0. The Labute approximate surface area is 191 Å². The Hall–Kier alpha value is -2.38. The Balaban J connectivity index is 1.69. The summed E-state index contributed by atoms with van der Waals surface area (Å²) < 4.78 is 0. The van der Waals surface area contributed by atoms with Gasteiger partial charge in [0, 0.05) is 43.4 Å². The maximum Gasteiger partial charge on any atom is 0.131 e. The molecule has 2 aromatic carbocycles. The smallest absolute Gasteiger partial charge is 0.131 e. The molecule has 0 aliphatic carbocycles. The molecule has 8 heteroatoms. The number of halogens is 2. The van der Waals surface area contributed by atoms with E-state index in [1.807, 2.05) is 54.6 Å². The molecule has 0 saturated carbocycles. The average Bonchev–Trinajstić information content (AvgIpc) is 2.93. The Bertz CT molecular complexity index is 1260. The lowest BCUT2D eigenvalue weighted by Gasteiger charge is -2.09. The van der Waals surface area contributed by atoms with Gasteiger partial charge in [-0.05, 0) is 54.6 Å². The van der Waals surface area contributed by atoms with Gasteiger partial charge in [0.25, 0.3) is 0 Å². The van der Waals surface area contributed by atoms with Crippen molar-refractivity contribution in [3.05, 3.63) is 94.5 Å². The van der Waals surface area contributed by atoms with E-state index in [2.05, 4.69) is 15.0 Å². The first-order valence-electron chi connectivity index (χ1n) is 8.93. The zero-order valence-electron chi connectivity index (χ0n) is 15.3. The lowest BCUT2D eigenvalue weighted by Crippen LogP contribution is -2.04. The zero-order valence-corrected chi connectivity index (χ0v) is 18.4. The largest absolute Gasteiger partial charge is 0.264 e. The molecular weight excluding hydrogens is 455 g/mol. The molecule has 4 aromatic rings. The van der Waals surface area contributed by atoms with Gasteiger partial charge in [0.05, 0.1) is 5.71 Å². The van der Waals surface area contributed by atoms with Crippen LogP contribution in [-0.4, -0.2) is 20.7 Å². The van der Waals surface area contributed by atoms with Gasteiger partial charge in [0.2, 0.25) is 0 Å². The molecule has 0 saturated heterocycles. The van der Waals surface area contributed by atoms with Gasteiger partial charge < -0.3 is 0 Å². The number of nitrogens with zero attached hydrogens (tertiary/aromatic N) is 4. The summed E-state index contributed by atoms with van der Waals surface area (Å²) >= 11 is 15.4. The quantitative estimate of drug-likeness (QED) is 0.269. The molecule has 0 radical (unpaired) electrons. The summed E-state index contributed by atoms with van der Waals surface area (Å²) in [4.78, 5) is 20.4. The predicted molar refractivity (Wildman–Crippen MR) is 123 cm³/mol. The monoisotopic (exact) mass is 466 g/mol. The van der Waals surface area contributed by atoms with Gasteiger partial charge in [-0.2, -0.15) is 0 Å². The van der Waals surface area contributed by atoms with E-state index in [4.69, 9.17) is 28.2 Å². The second-order valence-electron chi connectivity index (χ2n) is 6.33. The lowest BCUT2D eigenvalue weighted by atomic mass is 10.0. The fourth-order valence-electron chi connectivity index (χ4n) is 2.98. The van der Waals surface area contributed by atoms with Crippen LogP contribution in [0.3, 0.4) is 0 Å². The van der Waals surface area contributed by atoms with Gasteiger partial charge in [0.15, 0.2) is 0 Å². The number of benzene rings is 2. The number of pyridine rings is 1. The number of aliphatic imine (C=N–C) groups is 1. The van der Waals surface area contributed by atoms with Gasteiger partial charge in [-0.1, -0.05) is 46.7 Å². The van der Waals surface area contributed by atoms with Gasteiger partial charge in [-0.3, -0.25) is 4.98 Å². The molecule has 146 valence electrons. The van der Waals surface area contributed by atoms with Crippen molar-refractivity contribution in [1.82, 2.24) is 15.0 Å². The van der Waals surface area contributed by atoms with E-state index in [1.165, 1.54) is 11.8 Å². The molecule has 0 unspecified atom stereocenters. The maximum atomic E-state index is 6.32. The van der Waals surface area contributed by atoms with Crippen LogP contribution in [-0.2, 0) is 0 Å². The van der Waals surface area contributed by atoms with Crippen LogP contribution in [0.15, 0.2) is 98.2 Å². The van der Waals surface area contributed by atoms with E-state index in [0.29, 0.717) is 10.0 Å². The third kappa shape index (κ3) is 3.96. The first kappa shape index (κ1) is 19.6. The van der Waals surface area contributed by atoms with Crippen LogP contribution in [0.1, 0.15) is 11.1 Å². The SMILES string of the molecule is Clc1ccc(Sc2ncnc3c2N=C(c2cccnc2)c2cc(Cl)ccc2S3)cc1. The normalized spacial score (nSPS) is 12.5. The van der Waals surface area contributed by atoms with Crippen molar-refractivity contribution in [2.45, 2.75) is 19.8 Å². The minimum atomic E-state index is 0.652. The molecule has 0 amide bonds. The first-order chi connectivity index (χ1) is 14.7. The summed E-state index contributed by atoms with van der Waals surface area (Å²) in [5.74, 6) is 0. The van der Waals surface area contributed by atoms with E-state index in [-0.39, 0.29) is 0 Å². The summed E-state index contributed by atoms with van der Waals surface area (Å²) in [6.07, 6.45) is 5.12. The number of rotatable bonds is 3. The summed E-state index contributed by atoms with van der Waals surface area (Å²) in [6, 6.07) is 17.3. The minimum Gasteiger partial charge on any atom is -0.264 e. The Morgan fingerprint density at radius 2 is 1.73 bits per heavy atom. The molecule has 4 nitrogen and oxygen atoms in total.